The number of rotatable bonds is 7. The average Bonchev–Trinajstić information content (AvgIpc) is 3.16. The van der Waals surface area contributed by atoms with Crippen molar-refractivity contribution >= 4 is 23.7 Å². The summed E-state index contributed by atoms with van der Waals surface area (Å²) in [6, 6.07) is 5.84. The van der Waals surface area contributed by atoms with E-state index < -0.39 is 17.6 Å². The number of esters is 1. The van der Waals surface area contributed by atoms with Gasteiger partial charge in [-0.15, -0.1) is 0 Å². The number of carbonyl (C=O) groups excluding carboxylic acids is 2. The number of piperazine rings is 1. The lowest BCUT2D eigenvalue weighted by molar-refractivity contribution is -0.153. The van der Waals surface area contributed by atoms with Crippen LogP contribution in [0.15, 0.2) is 24.3 Å². The number of hydrogen-bond acceptors (Lipinski definition) is 6. The maximum Gasteiger partial charge on any atom is 0.405 e. The smallest absolute Gasteiger partial charge is 0.405 e. The molecule has 3 fully saturated rings. The van der Waals surface area contributed by atoms with Crippen LogP contribution in [0.5, 0.6) is 0 Å². The van der Waals surface area contributed by atoms with E-state index in [1.54, 1.807) is 11.8 Å². The molecule has 3 aliphatic heterocycles. The van der Waals surface area contributed by atoms with Gasteiger partial charge in [0.2, 0.25) is 5.91 Å². The molecule has 2 unspecified atom stereocenters. The van der Waals surface area contributed by atoms with Gasteiger partial charge in [-0.2, -0.15) is 0 Å². The highest BCUT2D eigenvalue weighted by Gasteiger charge is 2.51. The predicted octanol–water partition coefficient (Wildman–Crippen LogP) is 2.31. The highest BCUT2D eigenvalue weighted by molar-refractivity contribution is 5.86. The summed E-state index contributed by atoms with van der Waals surface area (Å²) in [7, 11) is 0. The molecular weight excluding hydrogens is 455 g/mol. The second kappa shape index (κ2) is 10.8. The minimum atomic E-state index is -1.21. The van der Waals surface area contributed by atoms with Crippen LogP contribution in [-0.2, 0) is 14.3 Å². The molecule has 0 radical (unpaired) electrons. The lowest BCUT2D eigenvalue weighted by Gasteiger charge is -2.38. The normalized spacial score (nSPS) is 23.3. The van der Waals surface area contributed by atoms with Gasteiger partial charge in [0.05, 0.1) is 5.41 Å². The first-order chi connectivity index (χ1) is 16.8. The van der Waals surface area contributed by atoms with Crippen molar-refractivity contribution in [3.8, 4) is 0 Å². The van der Waals surface area contributed by atoms with E-state index in [0.29, 0.717) is 38.8 Å². The summed E-state index contributed by atoms with van der Waals surface area (Å²) >= 11 is 0. The zero-order valence-corrected chi connectivity index (χ0v) is 20.2. The van der Waals surface area contributed by atoms with Gasteiger partial charge in [0, 0.05) is 57.9 Å². The SMILES string of the molecule is CCC(NC(=O)O)C(=O)N1CCC2(CC1)CC(CCN1CCN(c3ccc(F)cc3)CC1)OC2=O. The molecule has 2 amide bonds. The number of hydrogen-bond donors (Lipinski definition) is 2. The molecule has 2 atom stereocenters. The van der Waals surface area contributed by atoms with E-state index in [1.807, 2.05) is 12.1 Å². The number of likely N-dealkylation sites (tertiary alicyclic amines) is 1. The Morgan fingerprint density at radius 1 is 1.14 bits per heavy atom. The van der Waals surface area contributed by atoms with E-state index in [-0.39, 0.29) is 23.8 Å². The third-order valence-corrected chi connectivity index (χ3v) is 7.69. The number of ether oxygens (including phenoxy) is 1. The summed E-state index contributed by atoms with van der Waals surface area (Å²) in [4.78, 5) is 42.7. The standard InChI is InChI=1S/C25H35FN4O5/c1-2-21(27-24(33)34)22(31)30-11-8-25(9-12-30)17-20(35-23(25)32)7-10-28-13-15-29(16-14-28)19-5-3-18(26)4-6-19/h3-6,20-21,27H,2,7-17H2,1H3,(H,33,34). The van der Waals surface area contributed by atoms with Crippen molar-refractivity contribution in [1.82, 2.24) is 15.1 Å². The third-order valence-electron chi connectivity index (χ3n) is 7.69. The maximum atomic E-state index is 13.2. The second-order valence-corrected chi connectivity index (χ2v) is 9.84. The molecule has 10 heteroatoms. The number of piperidine rings is 1. The minimum absolute atomic E-state index is 0.114. The summed E-state index contributed by atoms with van der Waals surface area (Å²) in [5.41, 5.74) is 0.497. The molecule has 1 spiro atoms. The minimum Gasteiger partial charge on any atom is -0.465 e. The van der Waals surface area contributed by atoms with Crippen LogP contribution in [0.4, 0.5) is 14.9 Å². The van der Waals surface area contributed by atoms with Crippen molar-refractivity contribution in [3.63, 3.8) is 0 Å². The topological polar surface area (TPSA) is 102 Å². The van der Waals surface area contributed by atoms with Gasteiger partial charge in [0.25, 0.3) is 0 Å². The number of carboxylic acid groups (broad SMARTS) is 1. The fraction of sp³-hybridized carbons (Fsp3) is 0.640. The molecule has 0 aliphatic carbocycles. The first-order valence-electron chi connectivity index (χ1n) is 12.5. The van der Waals surface area contributed by atoms with Crippen molar-refractivity contribution in [2.75, 3.05) is 50.7 Å². The van der Waals surface area contributed by atoms with Crippen LogP contribution < -0.4 is 10.2 Å². The van der Waals surface area contributed by atoms with E-state index >= 15 is 0 Å². The number of benzene rings is 1. The fourth-order valence-corrected chi connectivity index (χ4v) is 5.48. The van der Waals surface area contributed by atoms with Crippen molar-refractivity contribution in [2.24, 2.45) is 5.41 Å². The summed E-state index contributed by atoms with van der Waals surface area (Å²) < 4.78 is 18.9. The zero-order valence-electron chi connectivity index (χ0n) is 20.2. The fourth-order valence-electron chi connectivity index (χ4n) is 5.48. The molecular formula is C25H35FN4O5. The average molecular weight is 491 g/mol. The molecule has 4 rings (SSSR count). The Kier molecular flexibility index (Phi) is 7.78. The Morgan fingerprint density at radius 2 is 1.80 bits per heavy atom. The van der Waals surface area contributed by atoms with Gasteiger partial charge in [-0.1, -0.05) is 6.92 Å². The lowest BCUT2D eigenvalue weighted by atomic mass is 9.75. The number of halogens is 1. The molecule has 0 saturated carbocycles. The van der Waals surface area contributed by atoms with E-state index in [0.717, 1.165) is 44.8 Å². The summed E-state index contributed by atoms with van der Waals surface area (Å²) in [6.07, 6.45) is 1.62. The highest BCUT2D eigenvalue weighted by atomic mass is 19.1. The van der Waals surface area contributed by atoms with Crippen molar-refractivity contribution in [3.05, 3.63) is 30.1 Å². The second-order valence-electron chi connectivity index (χ2n) is 9.84. The van der Waals surface area contributed by atoms with Crippen molar-refractivity contribution < 1.29 is 28.6 Å². The first-order valence-corrected chi connectivity index (χ1v) is 12.5. The molecule has 35 heavy (non-hydrogen) atoms. The molecule has 3 saturated heterocycles. The molecule has 192 valence electrons. The van der Waals surface area contributed by atoms with Crippen LogP contribution in [0, 0.1) is 11.2 Å². The quantitative estimate of drug-likeness (QED) is 0.566. The first kappa shape index (κ1) is 25.2. The molecule has 1 aromatic carbocycles. The van der Waals surface area contributed by atoms with Crippen LogP contribution in [0.1, 0.15) is 39.0 Å². The predicted molar refractivity (Wildman–Crippen MR) is 128 cm³/mol. The number of amides is 2. The number of nitrogens with zero attached hydrogens (tertiary/aromatic N) is 3. The lowest BCUT2D eigenvalue weighted by Crippen LogP contribution is -2.52. The van der Waals surface area contributed by atoms with Crippen LogP contribution in [0.2, 0.25) is 0 Å². The van der Waals surface area contributed by atoms with Gasteiger partial charge in [-0.05, 0) is 49.9 Å². The Bertz CT molecular complexity index is 911. The Labute approximate surface area is 205 Å². The van der Waals surface area contributed by atoms with Gasteiger partial charge in [0.1, 0.15) is 18.0 Å². The van der Waals surface area contributed by atoms with E-state index in [9.17, 15) is 18.8 Å². The van der Waals surface area contributed by atoms with Gasteiger partial charge < -0.3 is 25.0 Å². The molecule has 0 bridgehead atoms. The van der Waals surface area contributed by atoms with Gasteiger partial charge in [-0.25, -0.2) is 9.18 Å². The van der Waals surface area contributed by atoms with Gasteiger partial charge >= 0.3 is 12.1 Å². The molecule has 0 aromatic heterocycles. The highest BCUT2D eigenvalue weighted by Crippen LogP contribution is 2.44. The van der Waals surface area contributed by atoms with E-state index in [4.69, 9.17) is 9.84 Å². The number of carbonyl (C=O) groups is 3. The number of anilines is 1. The molecule has 3 aliphatic rings. The number of cyclic esters (lactones) is 1. The largest absolute Gasteiger partial charge is 0.465 e. The summed E-state index contributed by atoms with van der Waals surface area (Å²) in [5.74, 6) is -0.618. The summed E-state index contributed by atoms with van der Waals surface area (Å²) in [6.45, 7) is 7.05. The Morgan fingerprint density at radius 3 is 2.40 bits per heavy atom. The third kappa shape index (κ3) is 5.86. The zero-order chi connectivity index (χ0) is 25.0. The van der Waals surface area contributed by atoms with Crippen LogP contribution in [0.3, 0.4) is 0 Å². The van der Waals surface area contributed by atoms with Gasteiger partial charge in [0.15, 0.2) is 0 Å². The Balaban J connectivity index is 1.21. The molecule has 2 N–H and O–H groups in total. The van der Waals surface area contributed by atoms with E-state index in [1.165, 1.54) is 12.1 Å². The van der Waals surface area contributed by atoms with Crippen LogP contribution in [0.25, 0.3) is 0 Å². The monoisotopic (exact) mass is 490 g/mol. The van der Waals surface area contributed by atoms with Crippen LogP contribution in [-0.4, -0.2) is 90.8 Å². The Hall–Kier alpha value is -2.88. The van der Waals surface area contributed by atoms with Crippen LogP contribution >= 0.6 is 0 Å². The molecule has 9 nitrogen and oxygen atoms in total. The molecule has 3 heterocycles. The molecule has 1 aromatic rings. The van der Waals surface area contributed by atoms with E-state index in [2.05, 4.69) is 15.1 Å². The number of nitrogens with one attached hydrogen (secondary N) is 1. The maximum absolute atomic E-state index is 13.2. The van der Waals surface area contributed by atoms with Crippen molar-refractivity contribution in [2.45, 2.75) is 51.2 Å². The van der Waals surface area contributed by atoms with Crippen molar-refractivity contribution in [1.29, 1.82) is 0 Å². The summed E-state index contributed by atoms with van der Waals surface area (Å²) in [5, 5.41) is 11.2. The van der Waals surface area contributed by atoms with Gasteiger partial charge in [-0.3, -0.25) is 14.5 Å².